The Bertz CT molecular complexity index is 1090. The third kappa shape index (κ3) is 3.17. The molecule has 1 aliphatic rings. The molecule has 0 radical (unpaired) electrons. The van der Waals surface area contributed by atoms with Crippen molar-refractivity contribution in [3.63, 3.8) is 0 Å². The summed E-state index contributed by atoms with van der Waals surface area (Å²) in [5.41, 5.74) is 5.79. The molecule has 0 aliphatic carbocycles. The zero-order valence-electron chi connectivity index (χ0n) is 17.5. The molecule has 1 atom stereocenters. The molecular formula is C30H25N. The smallest absolute Gasteiger partial charge is 0.0985 e. The molecule has 31 heavy (non-hydrogen) atoms. The molecule has 0 fully saturated rings. The van der Waals surface area contributed by atoms with Crippen LogP contribution in [0.4, 0.5) is 0 Å². The van der Waals surface area contributed by atoms with E-state index < -0.39 is 5.54 Å². The van der Waals surface area contributed by atoms with Crippen LogP contribution in [0, 0.1) is 12.3 Å². The van der Waals surface area contributed by atoms with E-state index >= 15 is 0 Å². The summed E-state index contributed by atoms with van der Waals surface area (Å²) in [5, 5.41) is 0. The van der Waals surface area contributed by atoms with Crippen LogP contribution in [-0.4, -0.2) is 11.4 Å². The van der Waals surface area contributed by atoms with Crippen molar-refractivity contribution in [1.82, 2.24) is 4.90 Å². The van der Waals surface area contributed by atoms with Gasteiger partial charge in [0.1, 0.15) is 0 Å². The summed E-state index contributed by atoms with van der Waals surface area (Å²) in [7, 11) is 0. The lowest BCUT2D eigenvalue weighted by Crippen LogP contribution is -2.52. The second-order valence-electron chi connectivity index (χ2n) is 8.02. The van der Waals surface area contributed by atoms with Crippen LogP contribution in [0.15, 0.2) is 115 Å². The van der Waals surface area contributed by atoms with Gasteiger partial charge in [0.15, 0.2) is 0 Å². The highest BCUT2D eigenvalue weighted by atomic mass is 15.2. The van der Waals surface area contributed by atoms with Crippen LogP contribution in [-0.2, 0) is 12.0 Å². The van der Waals surface area contributed by atoms with Gasteiger partial charge in [0.2, 0.25) is 0 Å². The Kier molecular flexibility index (Phi) is 5.16. The van der Waals surface area contributed by atoms with Gasteiger partial charge in [0.25, 0.3) is 0 Å². The number of hydrogen-bond acceptors (Lipinski definition) is 1. The van der Waals surface area contributed by atoms with E-state index in [-0.39, 0.29) is 6.04 Å². The van der Waals surface area contributed by atoms with Crippen molar-refractivity contribution in [2.24, 2.45) is 0 Å². The highest BCUT2D eigenvalue weighted by molar-refractivity contribution is 5.52. The van der Waals surface area contributed by atoms with Crippen molar-refractivity contribution in [1.29, 1.82) is 0 Å². The summed E-state index contributed by atoms with van der Waals surface area (Å²) in [5.74, 6) is 3.15. The van der Waals surface area contributed by atoms with Crippen LogP contribution in [0.3, 0.4) is 0 Å². The van der Waals surface area contributed by atoms with Gasteiger partial charge in [-0.2, -0.15) is 0 Å². The summed E-state index contributed by atoms with van der Waals surface area (Å²) >= 11 is 0. The lowest BCUT2D eigenvalue weighted by Gasteiger charge is -2.50. The van der Waals surface area contributed by atoms with Crippen LogP contribution < -0.4 is 0 Å². The first-order valence-corrected chi connectivity index (χ1v) is 10.8. The van der Waals surface area contributed by atoms with Crippen molar-refractivity contribution < 1.29 is 0 Å². The fraction of sp³-hybridized carbons (Fsp3) is 0.133. The Labute approximate surface area is 185 Å². The SMILES string of the molecule is C#C[C@@H]1c2ccccc2CCN1C(c1ccccc1)(c1ccccc1)c1ccccc1. The maximum absolute atomic E-state index is 6.25. The van der Waals surface area contributed by atoms with E-state index in [2.05, 4.69) is 126 Å². The topological polar surface area (TPSA) is 3.24 Å². The molecule has 1 aliphatic heterocycles. The third-order valence-electron chi connectivity index (χ3n) is 6.45. The van der Waals surface area contributed by atoms with Crippen molar-refractivity contribution in [3.8, 4) is 12.3 Å². The molecule has 150 valence electrons. The zero-order chi connectivity index (χ0) is 21.1. The first kappa shape index (κ1) is 19.4. The first-order valence-electron chi connectivity index (χ1n) is 10.8. The molecule has 1 heterocycles. The van der Waals surface area contributed by atoms with Gasteiger partial charge in [-0.25, -0.2) is 0 Å². The predicted octanol–water partition coefficient (Wildman–Crippen LogP) is 6.21. The molecule has 0 N–H and O–H groups in total. The monoisotopic (exact) mass is 399 g/mol. The quantitative estimate of drug-likeness (QED) is 0.291. The number of benzene rings is 4. The van der Waals surface area contributed by atoms with Crippen LogP contribution in [0.2, 0.25) is 0 Å². The number of rotatable bonds is 4. The largest absolute Gasteiger partial charge is 0.268 e. The lowest BCUT2D eigenvalue weighted by molar-refractivity contribution is 0.118. The summed E-state index contributed by atoms with van der Waals surface area (Å²) < 4.78 is 0. The normalized spacial score (nSPS) is 16.3. The predicted molar refractivity (Wildman–Crippen MR) is 128 cm³/mol. The van der Waals surface area contributed by atoms with E-state index in [1.54, 1.807) is 0 Å². The maximum atomic E-state index is 6.25. The summed E-state index contributed by atoms with van der Waals surface area (Å²) in [6.45, 7) is 0.880. The molecule has 0 bridgehead atoms. The van der Waals surface area contributed by atoms with Crippen molar-refractivity contribution in [2.75, 3.05) is 6.54 Å². The van der Waals surface area contributed by atoms with Gasteiger partial charge < -0.3 is 0 Å². The average Bonchev–Trinajstić information content (AvgIpc) is 2.86. The van der Waals surface area contributed by atoms with Crippen LogP contribution in [0.5, 0.6) is 0 Å². The van der Waals surface area contributed by atoms with Gasteiger partial charge in [-0.15, -0.1) is 6.42 Å². The van der Waals surface area contributed by atoms with E-state index in [1.807, 2.05) is 0 Å². The number of terminal acetylenes is 1. The minimum absolute atomic E-state index is 0.120. The van der Waals surface area contributed by atoms with Gasteiger partial charge in [-0.3, -0.25) is 4.90 Å². The number of nitrogens with zero attached hydrogens (tertiary/aromatic N) is 1. The molecule has 1 heteroatoms. The Balaban J connectivity index is 1.84. The summed E-state index contributed by atoms with van der Waals surface area (Å²) in [4.78, 5) is 2.52. The second kappa shape index (κ2) is 8.26. The molecule has 0 unspecified atom stereocenters. The minimum Gasteiger partial charge on any atom is -0.268 e. The molecule has 0 aromatic heterocycles. The van der Waals surface area contributed by atoms with Crippen LogP contribution >= 0.6 is 0 Å². The van der Waals surface area contributed by atoms with Gasteiger partial charge in [0.05, 0.1) is 11.6 Å². The maximum Gasteiger partial charge on any atom is 0.0985 e. The standard InChI is InChI=1S/C30H25N/c1-2-29-28-21-13-12-14-24(28)22-23-31(29)30(25-15-6-3-7-16-25,26-17-8-4-9-18-26)27-19-10-5-11-20-27/h1,3-21,29H,22-23H2/t29-/m1/s1. The Morgan fingerprint density at radius 3 is 1.58 bits per heavy atom. The van der Waals surface area contributed by atoms with Gasteiger partial charge >= 0.3 is 0 Å². The molecule has 4 aromatic rings. The highest BCUT2D eigenvalue weighted by Crippen LogP contribution is 2.48. The minimum atomic E-state index is -0.492. The van der Waals surface area contributed by atoms with E-state index in [9.17, 15) is 0 Å². The van der Waals surface area contributed by atoms with Crippen LogP contribution in [0.25, 0.3) is 0 Å². The molecular weight excluding hydrogens is 374 g/mol. The third-order valence-corrected chi connectivity index (χ3v) is 6.45. The Morgan fingerprint density at radius 1 is 0.645 bits per heavy atom. The zero-order valence-corrected chi connectivity index (χ0v) is 17.5. The molecule has 0 spiro atoms. The fourth-order valence-corrected chi connectivity index (χ4v) is 5.14. The molecule has 4 aromatic carbocycles. The van der Waals surface area contributed by atoms with Gasteiger partial charge in [-0.05, 0) is 34.2 Å². The summed E-state index contributed by atoms with van der Waals surface area (Å²) in [6, 6.07) is 40.9. The van der Waals surface area contributed by atoms with E-state index in [4.69, 9.17) is 6.42 Å². The van der Waals surface area contributed by atoms with E-state index in [0.29, 0.717) is 0 Å². The summed E-state index contributed by atoms with van der Waals surface area (Å²) in [6.07, 6.45) is 7.22. The van der Waals surface area contributed by atoms with E-state index in [1.165, 1.54) is 27.8 Å². The highest BCUT2D eigenvalue weighted by Gasteiger charge is 2.46. The Hall–Kier alpha value is -3.60. The number of fused-ring (bicyclic) bond motifs is 1. The van der Waals surface area contributed by atoms with E-state index in [0.717, 1.165) is 13.0 Å². The lowest BCUT2D eigenvalue weighted by atomic mass is 9.73. The van der Waals surface area contributed by atoms with Crippen molar-refractivity contribution in [3.05, 3.63) is 143 Å². The van der Waals surface area contributed by atoms with Gasteiger partial charge in [-0.1, -0.05) is 121 Å². The molecule has 5 rings (SSSR count). The van der Waals surface area contributed by atoms with Crippen molar-refractivity contribution >= 4 is 0 Å². The number of hydrogen-bond donors (Lipinski definition) is 0. The fourth-order valence-electron chi connectivity index (χ4n) is 5.14. The molecule has 0 saturated carbocycles. The second-order valence-corrected chi connectivity index (χ2v) is 8.02. The average molecular weight is 400 g/mol. The van der Waals surface area contributed by atoms with Crippen LogP contribution in [0.1, 0.15) is 33.9 Å². The van der Waals surface area contributed by atoms with Gasteiger partial charge in [0, 0.05) is 6.54 Å². The first-order chi connectivity index (χ1) is 15.4. The molecule has 0 saturated heterocycles. The Morgan fingerprint density at radius 2 is 1.10 bits per heavy atom. The molecule has 0 amide bonds. The molecule has 1 nitrogen and oxygen atoms in total. The van der Waals surface area contributed by atoms with Crippen molar-refractivity contribution in [2.45, 2.75) is 18.0 Å².